The lowest BCUT2D eigenvalue weighted by atomic mass is 10.1. The van der Waals surface area contributed by atoms with Crippen molar-refractivity contribution in [3.05, 3.63) is 58.4 Å². The molecular weight excluding hydrogens is 324 g/mol. The van der Waals surface area contributed by atoms with Crippen molar-refractivity contribution in [2.24, 2.45) is 0 Å². The van der Waals surface area contributed by atoms with E-state index < -0.39 is 10.8 Å². The summed E-state index contributed by atoms with van der Waals surface area (Å²) in [5, 5.41) is 2.87. The van der Waals surface area contributed by atoms with Gasteiger partial charge in [0.25, 0.3) is 5.91 Å². The maximum atomic E-state index is 12.3. The van der Waals surface area contributed by atoms with Crippen molar-refractivity contribution in [1.82, 2.24) is 10.3 Å². The minimum Gasteiger partial charge on any atom is -0.496 e. The molecule has 6 heteroatoms. The lowest BCUT2D eigenvalue weighted by Crippen LogP contribution is -2.24. The van der Waals surface area contributed by atoms with Crippen LogP contribution in [0.25, 0.3) is 0 Å². The van der Waals surface area contributed by atoms with Crippen LogP contribution in [0.4, 0.5) is 0 Å². The van der Waals surface area contributed by atoms with Gasteiger partial charge >= 0.3 is 0 Å². The Morgan fingerprint density at radius 1 is 1.33 bits per heavy atom. The van der Waals surface area contributed by atoms with Gasteiger partial charge in [0.2, 0.25) is 0 Å². The van der Waals surface area contributed by atoms with E-state index in [2.05, 4.69) is 10.3 Å². The maximum Gasteiger partial charge on any atom is 0.251 e. The van der Waals surface area contributed by atoms with Crippen molar-refractivity contribution < 1.29 is 13.7 Å². The van der Waals surface area contributed by atoms with Crippen LogP contribution in [0.3, 0.4) is 0 Å². The first-order valence-corrected chi connectivity index (χ1v) is 9.31. The maximum absolute atomic E-state index is 12.3. The first-order valence-electron chi connectivity index (χ1n) is 7.58. The van der Waals surface area contributed by atoms with Crippen molar-refractivity contribution in [2.45, 2.75) is 26.1 Å². The summed E-state index contributed by atoms with van der Waals surface area (Å²) in [6, 6.07) is 7.18. The number of hydrogen-bond donors (Lipinski definition) is 1. The zero-order chi connectivity index (χ0) is 17.7. The first-order chi connectivity index (χ1) is 11.4. The molecule has 0 saturated carbocycles. The first kappa shape index (κ1) is 18.1. The average Bonchev–Trinajstić information content (AvgIpc) is 2.54. The molecule has 0 aliphatic carbocycles. The van der Waals surface area contributed by atoms with Gasteiger partial charge in [0.15, 0.2) is 0 Å². The molecule has 1 atom stereocenters. The molecule has 24 heavy (non-hydrogen) atoms. The van der Waals surface area contributed by atoms with E-state index in [1.807, 2.05) is 19.9 Å². The van der Waals surface area contributed by atoms with Gasteiger partial charge in [0.05, 0.1) is 19.3 Å². The molecular formula is C18H22N2O3S. The quantitative estimate of drug-likeness (QED) is 0.873. The predicted molar refractivity (Wildman–Crippen MR) is 95.6 cm³/mol. The third kappa shape index (κ3) is 4.41. The Morgan fingerprint density at radius 3 is 2.75 bits per heavy atom. The number of aryl methyl sites for hydroxylation is 1. The zero-order valence-electron chi connectivity index (χ0n) is 14.4. The van der Waals surface area contributed by atoms with E-state index in [1.54, 1.807) is 37.8 Å². The van der Waals surface area contributed by atoms with Gasteiger partial charge in [-0.05, 0) is 31.5 Å². The number of amides is 1. The van der Waals surface area contributed by atoms with E-state index in [0.29, 0.717) is 17.9 Å². The number of benzene rings is 1. The standard InChI is InChI=1S/C18H22N2O3S/c1-12-9-19-16(13(2)17(12)23-3)10-20-18(21)15-7-5-6-14(8-15)11-24(4)22/h5-9H,10-11H2,1-4H3,(H,20,21)/t24-/m1/s1. The Labute approximate surface area is 144 Å². The molecule has 1 amide bonds. The second-order valence-electron chi connectivity index (χ2n) is 5.65. The lowest BCUT2D eigenvalue weighted by molar-refractivity contribution is 0.0950. The fourth-order valence-corrected chi connectivity index (χ4v) is 3.20. The Balaban J connectivity index is 2.10. The van der Waals surface area contributed by atoms with Crippen LogP contribution in [0, 0.1) is 13.8 Å². The molecule has 0 aliphatic heterocycles. The highest BCUT2D eigenvalue weighted by molar-refractivity contribution is 7.83. The molecule has 1 heterocycles. The molecule has 0 aliphatic rings. The topological polar surface area (TPSA) is 68.3 Å². The number of carbonyl (C=O) groups is 1. The molecule has 1 aromatic heterocycles. The van der Waals surface area contributed by atoms with Crippen LogP contribution in [-0.2, 0) is 23.1 Å². The lowest BCUT2D eigenvalue weighted by Gasteiger charge is -2.13. The van der Waals surface area contributed by atoms with Crippen molar-refractivity contribution in [1.29, 1.82) is 0 Å². The minimum absolute atomic E-state index is 0.181. The summed E-state index contributed by atoms with van der Waals surface area (Å²) in [6.45, 7) is 4.19. The van der Waals surface area contributed by atoms with Crippen LogP contribution in [0.5, 0.6) is 5.75 Å². The van der Waals surface area contributed by atoms with Crippen LogP contribution >= 0.6 is 0 Å². The molecule has 128 valence electrons. The highest BCUT2D eigenvalue weighted by atomic mass is 32.2. The number of aromatic nitrogens is 1. The third-order valence-electron chi connectivity index (χ3n) is 3.73. The molecule has 5 nitrogen and oxygen atoms in total. The monoisotopic (exact) mass is 346 g/mol. The van der Waals surface area contributed by atoms with E-state index in [9.17, 15) is 9.00 Å². The van der Waals surface area contributed by atoms with Gasteiger partial charge in [-0.1, -0.05) is 12.1 Å². The van der Waals surface area contributed by atoms with E-state index >= 15 is 0 Å². The SMILES string of the molecule is COc1c(C)cnc(CNC(=O)c2cccc(C[S@@](C)=O)c2)c1C. The smallest absolute Gasteiger partial charge is 0.251 e. The molecule has 2 rings (SSSR count). The molecule has 1 aromatic carbocycles. The summed E-state index contributed by atoms with van der Waals surface area (Å²) in [4.78, 5) is 16.7. The van der Waals surface area contributed by atoms with Crippen LogP contribution in [0.1, 0.15) is 32.7 Å². The second-order valence-corrected chi connectivity index (χ2v) is 7.08. The number of rotatable bonds is 6. The van der Waals surface area contributed by atoms with Crippen molar-refractivity contribution in [3.63, 3.8) is 0 Å². The normalized spacial score (nSPS) is 11.8. The van der Waals surface area contributed by atoms with Crippen molar-refractivity contribution >= 4 is 16.7 Å². The largest absolute Gasteiger partial charge is 0.496 e. The summed E-state index contributed by atoms with van der Waals surface area (Å²) in [7, 11) is 0.690. The van der Waals surface area contributed by atoms with Gasteiger partial charge in [-0.15, -0.1) is 0 Å². The zero-order valence-corrected chi connectivity index (χ0v) is 15.2. The third-order valence-corrected chi connectivity index (χ3v) is 4.47. The van der Waals surface area contributed by atoms with E-state index in [4.69, 9.17) is 4.74 Å². The predicted octanol–water partition coefficient (Wildman–Crippen LogP) is 2.52. The molecule has 2 aromatic rings. The number of carbonyl (C=O) groups excluding carboxylic acids is 1. The van der Waals surface area contributed by atoms with Crippen LogP contribution in [0.15, 0.2) is 30.5 Å². The van der Waals surface area contributed by atoms with Crippen LogP contribution in [0.2, 0.25) is 0 Å². The van der Waals surface area contributed by atoms with Gasteiger partial charge in [-0.2, -0.15) is 0 Å². The average molecular weight is 346 g/mol. The summed E-state index contributed by atoms with van der Waals surface area (Å²) in [6.07, 6.45) is 3.39. The second kappa shape index (κ2) is 8.06. The Kier molecular flexibility index (Phi) is 6.09. The molecule has 0 saturated heterocycles. The van der Waals surface area contributed by atoms with E-state index in [-0.39, 0.29) is 5.91 Å². The van der Waals surface area contributed by atoms with Gasteiger partial charge in [0.1, 0.15) is 5.75 Å². The van der Waals surface area contributed by atoms with Gasteiger partial charge in [0, 0.05) is 45.7 Å². The Bertz CT molecular complexity index is 775. The summed E-state index contributed by atoms with van der Waals surface area (Å²) >= 11 is 0. The van der Waals surface area contributed by atoms with Gasteiger partial charge < -0.3 is 10.1 Å². The Hall–Kier alpha value is -2.21. The summed E-state index contributed by atoms with van der Waals surface area (Å²) in [5.41, 5.74) is 4.10. The van der Waals surface area contributed by atoms with Crippen LogP contribution < -0.4 is 10.1 Å². The highest BCUT2D eigenvalue weighted by Gasteiger charge is 2.12. The molecule has 0 radical (unpaired) electrons. The molecule has 0 fully saturated rings. The van der Waals surface area contributed by atoms with Crippen molar-refractivity contribution in [3.8, 4) is 5.75 Å². The molecule has 0 bridgehead atoms. The fourth-order valence-electron chi connectivity index (χ4n) is 2.55. The number of ether oxygens (including phenoxy) is 1. The summed E-state index contributed by atoms with van der Waals surface area (Å²) in [5.74, 6) is 1.05. The number of nitrogens with one attached hydrogen (secondary N) is 1. The van der Waals surface area contributed by atoms with Gasteiger partial charge in [-0.25, -0.2) is 0 Å². The summed E-state index contributed by atoms with van der Waals surface area (Å²) < 4.78 is 16.7. The molecule has 1 N–H and O–H groups in total. The Morgan fingerprint density at radius 2 is 2.08 bits per heavy atom. The molecule has 0 spiro atoms. The minimum atomic E-state index is -0.936. The number of nitrogens with zero attached hydrogens (tertiary/aromatic N) is 1. The molecule has 0 unspecified atom stereocenters. The van der Waals surface area contributed by atoms with E-state index in [1.165, 1.54) is 0 Å². The van der Waals surface area contributed by atoms with Crippen molar-refractivity contribution in [2.75, 3.05) is 13.4 Å². The van der Waals surface area contributed by atoms with Crippen LogP contribution in [-0.4, -0.2) is 28.5 Å². The highest BCUT2D eigenvalue weighted by Crippen LogP contribution is 2.23. The number of hydrogen-bond acceptors (Lipinski definition) is 4. The van der Waals surface area contributed by atoms with Gasteiger partial charge in [-0.3, -0.25) is 14.0 Å². The fraction of sp³-hybridized carbons (Fsp3) is 0.333. The number of pyridine rings is 1. The number of methoxy groups -OCH3 is 1. The van der Waals surface area contributed by atoms with E-state index in [0.717, 1.165) is 28.1 Å².